The number of hydrogen-bond donors (Lipinski definition) is 1. The minimum absolute atomic E-state index is 0.00972. The maximum Gasteiger partial charge on any atom is 0.269 e. The molecule has 1 aromatic carbocycles. The van der Waals surface area contributed by atoms with Crippen LogP contribution in [0.15, 0.2) is 24.3 Å². The van der Waals surface area contributed by atoms with Crippen LogP contribution < -0.4 is 5.32 Å². The fourth-order valence-electron chi connectivity index (χ4n) is 2.25. The number of nitro benzene ring substituents is 1. The number of nitrogens with one attached hydrogen (secondary N) is 1. The molecule has 0 aromatic heterocycles. The van der Waals surface area contributed by atoms with Crippen LogP contribution in [0.25, 0.3) is 0 Å². The molecule has 1 atom stereocenters. The number of hydrogen-bond acceptors (Lipinski definition) is 5. The van der Waals surface area contributed by atoms with Gasteiger partial charge < -0.3 is 15.0 Å². The molecule has 1 saturated heterocycles. The summed E-state index contributed by atoms with van der Waals surface area (Å²) >= 11 is 0. The summed E-state index contributed by atoms with van der Waals surface area (Å²) in [5, 5.41) is 14.0. The zero-order valence-corrected chi connectivity index (χ0v) is 11.9. The first kappa shape index (κ1) is 15.4. The summed E-state index contributed by atoms with van der Waals surface area (Å²) in [4.78, 5) is 24.0. The Morgan fingerprint density at radius 2 is 2.38 bits per heavy atom. The average molecular weight is 293 g/mol. The number of amides is 1. The summed E-state index contributed by atoms with van der Waals surface area (Å²) in [6.07, 6.45) is 0.366. The van der Waals surface area contributed by atoms with Crippen molar-refractivity contribution in [3.05, 3.63) is 39.9 Å². The van der Waals surface area contributed by atoms with Crippen LogP contribution >= 0.6 is 0 Å². The van der Waals surface area contributed by atoms with E-state index in [2.05, 4.69) is 5.32 Å². The number of morpholine rings is 1. The Morgan fingerprint density at radius 1 is 1.57 bits per heavy atom. The van der Waals surface area contributed by atoms with Crippen molar-refractivity contribution >= 4 is 11.6 Å². The lowest BCUT2D eigenvalue weighted by molar-refractivity contribution is -0.384. The highest BCUT2D eigenvalue weighted by Crippen LogP contribution is 2.15. The van der Waals surface area contributed by atoms with Crippen molar-refractivity contribution in [2.45, 2.75) is 19.0 Å². The van der Waals surface area contributed by atoms with Gasteiger partial charge in [0.15, 0.2) is 0 Å². The summed E-state index contributed by atoms with van der Waals surface area (Å²) in [5.41, 5.74) is 0.781. The molecule has 1 aromatic rings. The smallest absolute Gasteiger partial charge is 0.269 e. The molecule has 7 heteroatoms. The first-order chi connectivity index (χ1) is 10.1. The van der Waals surface area contributed by atoms with Crippen LogP contribution in [0.4, 0.5) is 5.69 Å². The van der Waals surface area contributed by atoms with Gasteiger partial charge in [-0.05, 0) is 5.56 Å². The summed E-state index contributed by atoms with van der Waals surface area (Å²) in [6, 6.07) is 6.38. The lowest BCUT2D eigenvalue weighted by Gasteiger charge is -2.25. The second kappa shape index (κ2) is 7.14. The van der Waals surface area contributed by atoms with Gasteiger partial charge in [0.2, 0.25) is 5.91 Å². The van der Waals surface area contributed by atoms with E-state index in [0.29, 0.717) is 26.2 Å². The predicted molar refractivity (Wildman–Crippen MR) is 76.8 cm³/mol. The van der Waals surface area contributed by atoms with E-state index < -0.39 is 4.92 Å². The van der Waals surface area contributed by atoms with E-state index in [1.165, 1.54) is 12.1 Å². The van der Waals surface area contributed by atoms with E-state index in [1.54, 1.807) is 24.1 Å². The van der Waals surface area contributed by atoms with Gasteiger partial charge in [-0.1, -0.05) is 12.1 Å². The monoisotopic (exact) mass is 293 g/mol. The third-order valence-electron chi connectivity index (χ3n) is 3.39. The number of nitro groups is 1. The van der Waals surface area contributed by atoms with Crippen LogP contribution in [0.1, 0.15) is 12.0 Å². The third kappa shape index (κ3) is 4.51. The van der Waals surface area contributed by atoms with Crippen molar-refractivity contribution in [1.29, 1.82) is 0 Å². The number of nitrogens with zero attached hydrogens (tertiary/aromatic N) is 2. The number of non-ortho nitro benzene ring substituents is 1. The minimum Gasteiger partial charge on any atom is -0.378 e. The lowest BCUT2D eigenvalue weighted by Crippen LogP contribution is -2.44. The SMILES string of the molecule is CN(Cc1cccc([N+](=O)[O-])c1)C(=O)CC1COCCN1. The number of ether oxygens (including phenoxy) is 1. The second-order valence-electron chi connectivity index (χ2n) is 5.11. The fraction of sp³-hybridized carbons (Fsp3) is 0.500. The van der Waals surface area contributed by atoms with Crippen LogP contribution in [-0.4, -0.2) is 48.6 Å². The maximum atomic E-state index is 12.1. The molecule has 0 spiro atoms. The molecule has 1 amide bonds. The van der Waals surface area contributed by atoms with Gasteiger partial charge in [-0.25, -0.2) is 0 Å². The van der Waals surface area contributed by atoms with E-state index in [-0.39, 0.29) is 17.6 Å². The van der Waals surface area contributed by atoms with Crippen LogP contribution in [0, 0.1) is 10.1 Å². The van der Waals surface area contributed by atoms with E-state index in [9.17, 15) is 14.9 Å². The Kier molecular flexibility index (Phi) is 5.24. The molecule has 1 aliphatic heterocycles. The van der Waals surface area contributed by atoms with Gasteiger partial charge in [0, 0.05) is 44.7 Å². The quantitative estimate of drug-likeness (QED) is 0.645. The number of benzene rings is 1. The Labute approximate surface area is 123 Å². The van der Waals surface area contributed by atoms with E-state index in [4.69, 9.17) is 4.74 Å². The molecule has 0 bridgehead atoms. The molecular weight excluding hydrogens is 274 g/mol. The molecule has 1 aliphatic rings. The van der Waals surface area contributed by atoms with Gasteiger partial charge in [0.05, 0.1) is 18.1 Å². The van der Waals surface area contributed by atoms with E-state index in [1.807, 2.05) is 0 Å². The Balaban J connectivity index is 1.90. The van der Waals surface area contributed by atoms with Crippen molar-refractivity contribution in [2.24, 2.45) is 0 Å². The van der Waals surface area contributed by atoms with Gasteiger partial charge in [0.1, 0.15) is 0 Å². The summed E-state index contributed by atoms with van der Waals surface area (Å²) in [5.74, 6) is -0.00972. The van der Waals surface area contributed by atoms with E-state index in [0.717, 1.165) is 12.1 Å². The van der Waals surface area contributed by atoms with Gasteiger partial charge in [-0.15, -0.1) is 0 Å². The number of rotatable bonds is 5. The normalized spacial score (nSPS) is 18.2. The molecule has 2 rings (SSSR count). The maximum absolute atomic E-state index is 12.1. The van der Waals surface area contributed by atoms with Gasteiger partial charge in [-0.3, -0.25) is 14.9 Å². The first-order valence-electron chi connectivity index (χ1n) is 6.84. The molecule has 7 nitrogen and oxygen atoms in total. The van der Waals surface area contributed by atoms with Crippen LogP contribution in [0.2, 0.25) is 0 Å². The molecule has 1 unspecified atom stereocenters. The Morgan fingerprint density at radius 3 is 3.05 bits per heavy atom. The van der Waals surface area contributed by atoms with Crippen molar-refractivity contribution in [3.8, 4) is 0 Å². The molecule has 1 N–H and O–H groups in total. The van der Waals surface area contributed by atoms with Crippen LogP contribution in [-0.2, 0) is 16.1 Å². The number of carbonyl (C=O) groups is 1. The zero-order valence-electron chi connectivity index (χ0n) is 11.9. The van der Waals surface area contributed by atoms with Gasteiger partial charge in [-0.2, -0.15) is 0 Å². The highest BCUT2D eigenvalue weighted by molar-refractivity contribution is 5.76. The largest absolute Gasteiger partial charge is 0.378 e. The van der Waals surface area contributed by atoms with Crippen molar-refractivity contribution < 1.29 is 14.5 Å². The third-order valence-corrected chi connectivity index (χ3v) is 3.39. The van der Waals surface area contributed by atoms with Gasteiger partial charge >= 0.3 is 0 Å². The standard InChI is InChI=1S/C14H19N3O4/c1-16(14(18)8-12-10-21-6-5-15-12)9-11-3-2-4-13(7-11)17(19)20/h2-4,7,12,15H,5-6,8-10H2,1H3. The molecule has 21 heavy (non-hydrogen) atoms. The first-order valence-corrected chi connectivity index (χ1v) is 6.84. The zero-order chi connectivity index (χ0) is 15.2. The van der Waals surface area contributed by atoms with Crippen molar-refractivity contribution in [1.82, 2.24) is 10.2 Å². The highest BCUT2D eigenvalue weighted by atomic mass is 16.6. The Hall–Kier alpha value is -1.99. The van der Waals surface area contributed by atoms with Crippen LogP contribution in [0.3, 0.4) is 0 Å². The molecular formula is C14H19N3O4. The molecule has 1 fully saturated rings. The van der Waals surface area contributed by atoms with Crippen LogP contribution in [0.5, 0.6) is 0 Å². The topological polar surface area (TPSA) is 84.7 Å². The fourth-order valence-corrected chi connectivity index (χ4v) is 2.25. The lowest BCUT2D eigenvalue weighted by atomic mass is 10.1. The van der Waals surface area contributed by atoms with Crippen molar-refractivity contribution in [2.75, 3.05) is 26.8 Å². The predicted octanol–water partition coefficient (Wildman–Crippen LogP) is 0.932. The summed E-state index contributed by atoms with van der Waals surface area (Å²) < 4.78 is 5.31. The molecule has 0 aliphatic carbocycles. The second-order valence-corrected chi connectivity index (χ2v) is 5.11. The van der Waals surface area contributed by atoms with Gasteiger partial charge in [0.25, 0.3) is 5.69 Å². The summed E-state index contributed by atoms with van der Waals surface area (Å²) in [6.45, 7) is 2.32. The minimum atomic E-state index is -0.436. The summed E-state index contributed by atoms with van der Waals surface area (Å²) in [7, 11) is 1.70. The van der Waals surface area contributed by atoms with Crippen molar-refractivity contribution in [3.63, 3.8) is 0 Å². The molecule has 114 valence electrons. The molecule has 1 heterocycles. The molecule has 0 radical (unpaired) electrons. The average Bonchev–Trinajstić information content (AvgIpc) is 2.48. The number of carbonyl (C=O) groups excluding carboxylic acids is 1. The highest BCUT2D eigenvalue weighted by Gasteiger charge is 2.19. The van der Waals surface area contributed by atoms with E-state index >= 15 is 0 Å². The Bertz CT molecular complexity index is 515. The molecule has 0 saturated carbocycles.